The van der Waals surface area contributed by atoms with E-state index in [9.17, 15) is 10.2 Å². The maximum atomic E-state index is 11.0. The van der Waals surface area contributed by atoms with E-state index in [1.807, 2.05) is 5.57 Å². The fourth-order valence-electron chi connectivity index (χ4n) is 11.4. The van der Waals surface area contributed by atoms with Gasteiger partial charge in [0, 0.05) is 0 Å². The van der Waals surface area contributed by atoms with Gasteiger partial charge in [0.15, 0.2) is 0 Å². The van der Waals surface area contributed by atoms with Crippen LogP contribution in [-0.4, -0.2) is 22.4 Å². The minimum atomic E-state index is -0.600. The second-order valence-electron chi connectivity index (χ2n) is 14.8. The summed E-state index contributed by atoms with van der Waals surface area (Å²) < 4.78 is 0. The van der Waals surface area contributed by atoms with Crippen LogP contribution in [0.5, 0.6) is 0 Å². The Balaban J connectivity index is 1.57. The monoisotopic (exact) mass is 442 g/mol. The maximum Gasteiger partial charge on any atom is 0.0852 e. The second kappa shape index (κ2) is 6.87. The molecule has 0 heterocycles. The van der Waals surface area contributed by atoms with E-state index in [-0.39, 0.29) is 21.7 Å². The Morgan fingerprint density at radius 3 is 2.19 bits per heavy atom. The number of aliphatic hydroxyl groups excluding tert-OH is 2. The van der Waals surface area contributed by atoms with E-state index < -0.39 is 12.2 Å². The molecule has 4 fully saturated rings. The molecule has 0 aromatic rings. The van der Waals surface area contributed by atoms with Crippen LogP contribution < -0.4 is 0 Å². The van der Waals surface area contributed by atoms with Crippen molar-refractivity contribution in [3.63, 3.8) is 0 Å². The smallest absolute Gasteiger partial charge is 0.0852 e. The third-order valence-electron chi connectivity index (χ3n) is 13.2. The van der Waals surface area contributed by atoms with Gasteiger partial charge in [0.1, 0.15) is 0 Å². The van der Waals surface area contributed by atoms with E-state index in [1.165, 1.54) is 44.9 Å². The molecule has 0 aromatic heterocycles. The molecule has 32 heavy (non-hydrogen) atoms. The van der Waals surface area contributed by atoms with Gasteiger partial charge in [-0.1, -0.05) is 67.0 Å². The fraction of sp³-hybridized carbons (Fsp3) is 0.933. The van der Waals surface area contributed by atoms with Gasteiger partial charge < -0.3 is 10.2 Å². The average Bonchev–Trinajstić information content (AvgIpc) is 3.04. The molecule has 5 rings (SSSR count). The van der Waals surface area contributed by atoms with Crippen molar-refractivity contribution in [1.82, 2.24) is 0 Å². The van der Waals surface area contributed by atoms with Crippen molar-refractivity contribution in [3.05, 3.63) is 11.6 Å². The molecule has 0 radical (unpaired) electrons. The third-order valence-corrected chi connectivity index (χ3v) is 13.2. The van der Waals surface area contributed by atoms with E-state index in [0.717, 1.165) is 24.2 Å². The van der Waals surface area contributed by atoms with Crippen LogP contribution in [0.3, 0.4) is 0 Å². The molecule has 4 saturated carbocycles. The Morgan fingerprint density at radius 1 is 0.844 bits per heavy atom. The third kappa shape index (κ3) is 2.61. The summed E-state index contributed by atoms with van der Waals surface area (Å²) in [6, 6.07) is 0. The number of fused-ring (bicyclic) bond motifs is 7. The highest BCUT2D eigenvalue weighted by Gasteiger charge is 2.69. The molecule has 5 aliphatic carbocycles. The van der Waals surface area contributed by atoms with E-state index >= 15 is 0 Å². The van der Waals surface area contributed by atoms with Gasteiger partial charge in [0.2, 0.25) is 0 Å². The zero-order valence-corrected chi connectivity index (χ0v) is 22.2. The summed E-state index contributed by atoms with van der Waals surface area (Å²) in [5, 5.41) is 21.9. The molecule has 0 unspecified atom stereocenters. The maximum absolute atomic E-state index is 11.0. The van der Waals surface area contributed by atoms with Crippen molar-refractivity contribution >= 4 is 0 Å². The Morgan fingerprint density at radius 2 is 1.53 bits per heavy atom. The van der Waals surface area contributed by atoms with Crippen LogP contribution in [0.2, 0.25) is 0 Å². The van der Waals surface area contributed by atoms with E-state index in [1.54, 1.807) is 0 Å². The highest BCUT2D eigenvalue weighted by atomic mass is 16.3. The summed E-state index contributed by atoms with van der Waals surface area (Å²) in [6.07, 6.45) is 11.4. The Hall–Kier alpha value is -0.340. The van der Waals surface area contributed by atoms with Crippen molar-refractivity contribution in [2.24, 2.45) is 56.7 Å². The molecule has 182 valence electrons. The molecule has 10 atom stereocenters. The van der Waals surface area contributed by atoms with E-state index in [2.05, 4.69) is 61.5 Å². The summed E-state index contributed by atoms with van der Waals surface area (Å²) in [4.78, 5) is 0. The van der Waals surface area contributed by atoms with Crippen molar-refractivity contribution in [1.29, 1.82) is 0 Å². The molecule has 0 spiro atoms. The summed E-state index contributed by atoms with van der Waals surface area (Å²) in [5.41, 5.74) is 2.75. The Kier molecular flexibility index (Phi) is 5.02. The van der Waals surface area contributed by atoms with Gasteiger partial charge in [-0.05, 0) is 108 Å². The number of aliphatic hydroxyl groups is 2. The largest absolute Gasteiger partial charge is 0.390 e. The first kappa shape index (κ1) is 23.4. The van der Waals surface area contributed by atoms with E-state index in [0.29, 0.717) is 17.3 Å². The number of hydrogen-bond acceptors (Lipinski definition) is 2. The standard InChI is InChI=1S/C30H50O2/c1-18(2)19-9-10-20-21-11-12-24-28(6)17-22(31)25(32)26(3,4)23(28)13-14-30(24,8)29(21,7)16-15-27(19,20)5/h11,18-20,22-25,31-32H,9-10,12-17H2,1-8H3/t19-,20+,22-,23+,24-,25-,27-,28+,29-,30-/m1/s1. The van der Waals surface area contributed by atoms with Gasteiger partial charge in [-0.15, -0.1) is 0 Å². The predicted molar refractivity (Wildman–Crippen MR) is 132 cm³/mol. The van der Waals surface area contributed by atoms with Gasteiger partial charge in [-0.25, -0.2) is 0 Å². The van der Waals surface area contributed by atoms with Crippen molar-refractivity contribution in [2.75, 3.05) is 0 Å². The van der Waals surface area contributed by atoms with Crippen LogP contribution in [0.15, 0.2) is 11.6 Å². The number of allylic oxidation sites excluding steroid dienone is 2. The van der Waals surface area contributed by atoms with Crippen LogP contribution in [0.4, 0.5) is 0 Å². The molecule has 2 nitrogen and oxygen atoms in total. The molecule has 0 saturated heterocycles. The Bertz CT molecular complexity index is 812. The van der Waals surface area contributed by atoms with Crippen molar-refractivity contribution in [2.45, 2.75) is 119 Å². The molecule has 2 N–H and O–H groups in total. The van der Waals surface area contributed by atoms with Crippen LogP contribution in [0, 0.1) is 56.7 Å². The first-order valence-corrected chi connectivity index (χ1v) is 13.8. The van der Waals surface area contributed by atoms with Gasteiger partial charge in [-0.2, -0.15) is 0 Å². The quantitative estimate of drug-likeness (QED) is 0.429. The highest BCUT2D eigenvalue weighted by Crippen LogP contribution is 2.76. The number of hydrogen-bond donors (Lipinski definition) is 2. The molecular formula is C30H50O2. The molecule has 2 heteroatoms. The predicted octanol–water partition coefficient (Wildman–Crippen LogP) is 7.00. The molecule has 0 bridgehead atoms. The van der Waals surface area contributed by atoms with Gasteiger partial charge in [-0.3, -0.25) is 0 Å². The first-order valence-electron chi connectivity index (χ1n) is 13.8. The van der Waals surface area contributed by atoms with Crippen molar-refractivity contribution < 1.29 is 10.2 Å². The van der Waals surface area contributed by atoms with Crippen molar-refractivity contribution in [3.8, 4) is 0 Å². The minimum Gasteiger partial charge on any atom is -0.390 e. The van der Waals surface area contributed by atoms with Crippen LogP contribution in [-0.2, 0) is 0 Å². The van der Waals surface area contributed by atoms with Gasteiger partial charge >= 0.3 is 0 Å². The zero-order valence-electron chi connectivity index (χ0n) is 22.2. The molecule has 5 aliphatic rings. The first-order chi connectivity index (χ1) is 14.7. The summed E-state index contributed by atoms with van der Waals surface area (Å²) >= 11 is 0. The zero-order chi connectivity index (χ0) is 23.5. The lowest BCUT2D eigenvalue weighted by Crippen LogP contribution is -2.66. The van der Waals surface area contributed by atoms with Gasteiger partial charge in [0.25, 0.3) is 0 Å². The second-order valence-corrected chi connectivity index (χ2v) is 14.8. The lowest BCUT2D eigenvalue weighted by Gasteiger charge is -2.71. The summed E-state index contributed by atoms with van der Waals surface area (Å²) in [5.74, 6) is 3.50. The summed E-state index contributed by atoms with van der Waals surface area (Å²) in [6.45, 7) is 19.7. The minimum absolute atomic E-state index is 0.0943. The van der Waals surface area contributed by atoms with E-state index in [4.69, 9.17) is 0 Å². The normalized spacial score (nSPS) is 56.7. The molecular weight excluding hydrogens is 392 g/mol. The van der Waals surface area contributed by atoms with Crippen LogP contribution in [0.25, 0.3) is 0 Å². The average molecular weight is 443 g/mol. The Labute approximate surface area is 197 Å². The molecule has 0 amide bonds. The number of rotatable bonds is 1. The SMILES string of the molecule is CC(C)[C@H]1CC[C@H]2C3=CC[C@@H]4[C@@]5(C)C[C@@H](O)[C@@H](O)C(C)(C)[C@@H]5CC[C@@]4(C)[C@]3(C)CC[C@]12C. The molecule has 0 aromatic carbocycles. The fourth-order valence-corrected chi connectivity index (χ4v) is 11.4. The lowest BCUT2D eigenvalue weighted by atomic mass is 9.34. The van der Waals surface area contributed by atoms with Crippen LogP contribution in [0.1, 0.15) is 107 Å². The molecule has 0 aliphatic heterocycles. The summed E-state index contributed by atoms with van der Waals surface area (Å²) in [7, 11) is 0. The lowest BCUT2D eigenvalue weighted by molar-refractivity contribution is -0.230. The van der Waals surface area contributed by atoms with Crippen LogP contribution >= 0.6 is 0 Å². The topological polar surface area (TPSA) is 40.5 Å². The van der Waals surface area contributed by atoms with Gasteiger partial charge in [0.05, 0.1) is 12.2 Å². The highest BCUT2D eigenvalue weighted by molar-refractivity contribution is 5.34.